The van der Waals surface area contributed by atoms with Crippen LogP contribution in [0.2, 0.25) is 0 Å². The van der Waals surface area contributed by atoms with E-state index in [1.807, 2.05) is 12.1 Å². The smallest absolute Gasteiger partial charge is 0.117 e. The van der Waals surface area contributed by atoms with E-state index in [1.54, 1.807) is 6.26 Å². The minimum absolute atomic E-state index is 0.283. The van der Waals surface area contributed by atoms with E-state index in [-0.39, 0.29) is 6.10 Å². The summed E-state index contributed by atoms with van der Waals surface area (Å²) in [5, 5.41) is 3.34. The molecule has 0 spiro atoms. The lowest BCUT2D eigenvalue weighted by Gasteiger charge is -2.16. The van der Waals surface area contributed by atoms with E-state index in [0.717, 1.165) is 31.4 Å². The summed E-state index contributed by atoms with van der Waals surface area (Å²) in [6.45, 7) is 4.73. The predicted molar refractivity (Wildman–Crippen MR) is 67.8 cm³/mol. The van der Waals surface area contributed by atoms with Crippen LogP contribution in [0.15, 0.2) is 22.8 Å². The van der Waals surface area contributed by atoms with E-state index < -0.39 is 0 Å². The van der Waals surface area contributed by atoms with Crippen molar-refractivity contribution in [1.82, 2.24) is 5.32 Å². The fraction of sp³-hybridized carbons (Fsp3) is 0.714. The van der Waals surface area contributed by atoms with Crippen LogP contribution in [0.3, 0.4) is 0 Å². The summed E-state index contributed by atoms with van der Waals surface area (Å²) in [6, 6.07) is 3.90. The Morgan fingerprint density at radius 2 is 2.29 bits per heavy atom. The highest BCUT2D eigenvalue weighted by Crippen LogP contribution is 2.24. The van der Waals surface area contributed by atoms with Crippen LogP contribution in [0.5, 0.6) is 0 Å². The normalized spacial score (nSPS) is 18.6. The first-order valence-corrected chi connectivity index (χ1v) is 6.69. The third-order valence-electron chi connectivity index (χ3n) is 3.40. The fourth-order valence-electron chi connectivity index (χ4n) is 2.35. The third kappa shape index (κ3) is 4.52. The van der Waals surface area contributed by atoms with Gasteiger partial charge in [-0.3, -0.25) is 0 Å². The van der Waals surface area contributed by atoms with Gasteiger partial charge >= 0.3 is 0 Å². The van der Waals surface area contributed by atoms with Crippen LogP contribution in [0.25, 0.3) is 0 Å². The van der Waals surface area contributed by atoms with E-state index >= 15 is 0 Å². The van der Waals surface area contributed by atoms with Gasteiger partial charge in [-0.05, 0) is 37.8 Å². The molecule has 0 amide bonds. The van der Waals surface area contributed by atoms with Crippen LogP contribution in [0, 0.1) is 5.92 Å². The van der Waals surface area contributed by atoms with Crippen LogP contribution in [-0.4, -0.2) is 19.3 Å². The van der Waals surface area contributed by atoms with Gasteiger partial charge in [0.2, 0.25) is 0 Å². The molecule has 1 heterocycles. The van der Waals surface area contributed by atoms with E-state index in [0.29, 0.717) is 0 Å². The zero-order valence-electron chi connectivity index (χ0n) is 10.7. The molecular formula is C14H23NO2. The summed E-state index contributed by atoms with van der Waals surface area (Å²) < 4.78 is 11.1. The second-order valence-electron chi connectivity index (χ2n) is 5.00. The van der Waals surface area contributed by atoms with Gasteiger partial charge in [-0.2, -0.15) is 0 Å². The molecule has 0 aliphatic heterocycles. The number of nitrogens with one attached hydrogen (secondary N) is 1. The Morgan fingerprint density at radius 1 is 1.47 bits per heavy atom. The van der Waals surface area contributed by atoms with Crippen LogP contribution in [0.1, 0.15) is 38.4 Å². The van der Waals surface area contributed by atoms with E-state index in [2.05, 4.69) is 12.2 Å². The van der Waals surface area contributed by atoms with E-state index in [1.165, 1.54) is 25.7 Å². The van der Waals surface area contributed by atoms with Gasteiger partial charge in [0.15, 0.2) is 0 Å². The topological polar surface area (TPSA) is 34.4 Å². The highest BCUT2D eigenvalue weighted by molar-refractivity contribution is 4.97. The van der Waals surface area contributed by atoms with Gasteiger partial charge < -0.3 is 14.5 Å². The minimum atomic E-state index is 0.283. The number of hydrogen-bond acceptors (Lipinski definition) is 3. The van der Waals surface area contributed by atoms with Crippen LogP contribution in [-0.2, 0) is 11.3 Å². The average Bonchev–Trinajstić information content (AvgIpc) is 2.99. The minimum Gasteiger partial charge on any atom is -0.468 e. The lowest BCUT2D eigenvalue weighted by Crippen LogP contribution is -2.27. The average molecular weight is 237 g/mol. The van der Waals surface area contributed by atoms with Gasteiger partial charge in [0.05, 0.1) is 18.9 Å². The van der Waals surface area contributed by atoms with Crippen molar-refractivity contribution in [2.45, 2.75) is 45.3 Å². The first kappa shape index (κ1) is 12.7. The number of ether oxygens (including phenoxy) is 1. The van der Waals surface area contributed by atoms with E-state index in [9.17, 15) is 0 Å². The van der Waals surface area contributed by atoms with Crippen molar-refractivity contribution < 1.29 is 9.15 Å². The second kappa shape index (κ2) is 6.82. The molecule has 1 N–H and O–H groups in total. The molecule has 1 saturated carbocycles. The molecule has 1 aromatic heterocycles. The van der Waals surface area contributed by atoms with E-state index in [4.69, 9.17) is 9.15 Å². The summed E-state index contributed by atoms with van der Waals surface area (Å²) in [4.78, 5) is 0. The Hall–Kier alpha value is -0.800. The SMILES string of the molecule is CC(CNCc1ccco1)OCC1CCCC1. The molecule has 0 radical (unpaired) electrons. The Labute approximate surface area is 104 Å². The maximum Gasteiger partial charge on any atom is 0.117 e. The lowest BCUT2D eigenvalue weighted by molar-refractivity contribution is 0.0414. The highest BCUT2D eigenvalue weighted by Gasteiger charge is 2.16. The maximum absolute atomic E-state index is 5.85. The van der Waals surface area contributed by atoms with Gasteiger partial charge in [-0.15, -0.1) is 0 Å². The molecule has 17 heavy (non-hydrogen) atoms. The van der Waals surface area contributed by atoms with Gasteiger partial charge in [0, 0.05) is 13.2 Å². The zero-order chi connectivity index (χ0) is 11.9. The molecule has 0 aromatic carbocycles. The first-order chi connectivity index (χ1) is 8.34. The fourth-order valence-corrected chi connectivity index (χ4v) is 2.35. The molecule has 2 rings (SSSR count). The quantitative estimate of drug-likeness (QED) is 0.791. The molecule has 1 aliphatic rings. The van der Waals surface area contributed by atoms with Crippen LogP contribution in [0.4, 0.5) is 0 Å². The molecule has 0 saturated heterocycles. The Morgan fingerprint density at radius 3 is 3.00 bits per heavy atom. The number of rotatable bonds is 7. The zero-order valence-corrected chi connectivity index (χ0v) is 10.7. The van der Waals surface area contributed by atoms with Crippen molar-refractivity contribution in [3.05, 3.63) is 24.2 Å². The van der Waals surface area contributed by atoms with Gasteiger partial charge in [-0.25, -0.2) is 0 Å². The predicted octanol–water partition coefficient (Wildman–Crippen LogP) is 2.96. The molecule has 1 aliphatic carbocycles. The summed E-state index contributed by atoms with van der Waals surface area (Å²) >= 11 is 0. The Bertz CT molecular complexity index is 291. The first-order valence-electron chi connectivity index (χ1n) is 6.69. The molecule has 0 bridgehead atoms. The third-order valence-corrected chi connectivity index (χ3v) is 3.40. The Kier molecular flexibility index (Phi) is 5.08. The molecule has 1 aromatic rings. The molecule has 1 unspecified atom stereocenters. The number of hydrogen-bond donors (Lipinski definition) is 1. The molecule has 1 atom stereocenters. The van der Waals surface area contributed by atoms with Crippen molar-refractivity contribution in [3.8, 4) is 0 Å². The van der Waals surface area contributed by atoms with Crippen molar-refractivity contribution in [3.63, 3.8) is 0 Å². The molecule has 1 fully saturated rings. The van der Waals surface area contributed by atoms with Gasteiger partial charge in [0.1, 0.15) is 5.76 Å². The monoisotopic (exact) mass is 237 g/mol. The van der Waals surface area contributed by atoms with Crippen LogP contribution >= 0.6 is 0 Å². The highest BCUT2D eigenvalue weighted by atomic mass is 16.5. The van der Waals surface area contributed by atoms with Gasteiger partial charge in [0.25, 0.3) is 0 Å². The molecule has 3 nitrogen and oxygen atoms in total. The standard InChI is InChI=1S/C14H23NO2/c1-12(17-11-13-5-2-3-6-13)9-15-10-14-7-4-8-16-14/h4,7-8,12-13,15H,2-3,5-6,9-11H2,1H3. The summed E-state index contributed by atoms with van der Waals surface area (Å²) in [6.07, 6.45) is 7.47. The van der Waals surface area contributed by atoms with Crippen molar-refractivity contribution in [2.24, 2.45) is 5.92 Å². The largest absolute Gasteiger partial charge is 0.468 e. The van der Waals surface area contributed by atoms with Gasteiger partial charge in [-0.1, -0.05) is 12.8 Å². The molecular weight excluding hydrogens is 214 g/mol. The van der Waals surface area contributed by atoms with Crippen molar-refractivity contribution in [1.29, 1.82) is 0 Å². The summed E-state index contributed by atoms with van der Waals surface area (Å²) in [5.74, 6) is 1.79. The molecule has 3 heteroatoms. The number of furan rings is 1. The molecule has 96 valence electrons. The maximum atomic E-state index is 5.85. The summed E-state index contributed by atoms with van der Waals surface area (Å²) in [5.41, 5.74) is 0. The lowest BCUT2D eigenvalue weighted by atomic mass is 10.1. The van der Waals surface area contributed by atoms with Crippen molar-refractivity contribution >= 4 is 0 Å². The van der Waals surface area contributed by atoms with Crippen molar-refractivity contribution in [2.75, 3.05) is 13.2 Å². The Balaban J connectivity index is 1.52. The summed E-state index contributed by atoms with van der Waals surface area (Å²) in [7, 11) is 0. The van der Waals surface area contributed by atoms with Crippen LogP contribution < -0.4 is 5.32 Å². The second-order valence-corrected chi connectivity index (χ2v) is 5.00.